The van der Waals surface area contributed by atoms with E-state index in [2.05, 4.69) is 46.7 Å². The van der Waals surface area contributed by atoms with Crippen molar-refractivity contribution in [2.24, 2.45) is 10.9 Å². The first-order chi connectivity index (χ1) is 13.7. The predicted octanol–water partition coefficient (Wildman–Crippen LogP) is 2.45. The Kier molecular flexibility index (Phi) is 10.4. The first-order valence-electron chi connectivity index (χ1n) is 10.6. The number of ether oxygens (including phenoxy) is 1. The van der Waals surface area contributed by atoms with Gasteiger partial charge in [-0.2, -0.15) is 0 Å². The second kappa shape index (κ2) is 13.2. The largest absolute Gasteiger partial charge is 0.381 e. The van der Waals surface area contributed by atoms with E-state index in [1.54, 1.807) is 7.05 Å². The Morgan fingerprint density at radius 2 is 1.96 bits per heavy atom. The van der Waals surface area contributed by atoms with E-state index in [0.717, 1.165) is 71.0 Å². The van der Waals surface area contributed by atoms with Crippen molar-refractivity contribution in [3.8, 4) is 0 Å². The van der Waals surface area contributed by atoms with Gasteiger partial charge in [0.2, 0.25) is 5.91 Å². The molecule has 1 aromatic rings. The number of benzene rings is 1. The molecule has 6 heteroatoms. The number of rotatable bonds is 10. The van der Waals surface area contributed by atoms with Crippen LogP contribution in [-0.2, 0) is 16.0 Å². The van der Waals surface area contributed by atoms with Crippen molar-refractivity contribution in [2.45, 2.75) is 39.0 Å². The number of carbonyl (C=O) groups excluding carboxylic acids is 1. The van der Waals surface area contributed by atoms with Crippen LogP contribution >= 0.6 is 0 Å². The van der Waals surface area contributed by atoms with Gasteiger partial charge in [0.15, 0.2) is 5.96 Å². The van der Waals surface area contributed by atoms with Crippen LogP contribution in [0.25, 0.3) is 0 Å². The molecule has 1 aliphatic heterocycles. The standard InChI is InChI=1S/C22H36N4O2/c1-3-24-22(26-14-10-20(11-15-26)18-21(27)23-2)25-13-7-16-28-17-12-19-8-5-4-6-9-19/h4-6,8-9,20H,3,7,10-18H2,1-2H3,(H,23,27)(H,24,25). The molecule has 1 saturated heterocycles. The second-order valence-corrected chi connectivity index (χ2v) is 7.24. The fourth-order valence-electron chi connectivity index (χ4n) is 3.43. The van der Waals surface area contributed by atoms with Crippen LogP contribution in [0.4, 0.5) is 0 Å². The lowest BCUT2D eigenvalue weighted by Gasteiger charge is -2.34. The van der Waals surface area contributed by atoms with Crippen molar-refractivity contribution in [1.29, 1.82) is 0 Å². The molecule has 1 aromatic carbocycles. The van der Waals surface area contributed by atoms with Crippen molar-refractivity contribution in [3.63, 3.8) is 0 Å². The molecule has 6 nitrogen and oxygen atoms in total. The zero-order valence-electron chi connectivity index (χ0n) is 17.5. The van der Waals surface area contributed by atoms with Gasteiger partial charge in [0.05, 0.1) is 6.61 Å². The molecule has 1 aliphatic rings. The van der Waals surface area contributed by atoms with Gasteiger partial charge < -0.3 is 20.3 Å². The minimum atomic E-state index is 0.145. The third-order valence-electron chi connectivity index (χ3n) is 5.09. The minimum Gasteiger partial charge on any atom is -0.381 e. The number of hydrogen-bond acceptors (Lipinski definition) is 3. The molecule has 2 N–H and O–H groups in total. The third kappa shape index (κ3) is 8.30. The van der Waals surface area contributed by atoms with E-state index >= 15 is 0 Å². The Labute approximate surface area is 169 Å². The van der Waals surface area contributed by atoms with E-state index in [0.29, 0.717) is 12.3 Å². The van der Waals surface area contributed by atoms with E-state index in [1.807, 2.05) is 6.07 Å². The number of likely N-dealkylation sites (tertiary alicyclic amines) is 1. The molecule has 0 radical (unpaired) electrons. The summed E-state index contributed by atoms with van der Waals surface area (Å²) in [5, 5.41) is 6.12. The molecule has 0 spiro atoms. The average Bonchev–Trinajstić information content (AvgIpc) is 2.73. The molecule has 0 aromatic heterocycles. The van der Waals surface area contributed by atoms with Crippen molar-refractivity contribution >= 4 is 11.9 Å². The van der Waals surface area contributed by atoms with Gasteiger partial charge in [-0.15, -0.1) is 0 Å². The molecular formula is C22H36N4O2. The SMILES string of the molecule is CCNC(=NCCCOCCc1ccccc1)N1CCC(CC(=O)NC)CC1. The molecule has 1 amide bonds. The van der Waals surface area contributed by atoms with Gasteiger partial charge in [0.25, 0.3) is 0 Å². The summed E-state index contributed by atoms with van der Waals surface area (Å²) in [7, 11) is 1.71. The molecule has 156 valence electrons. The highest BCUT2D eigenvalue weighted by molar-refractivity contribution is 5.80. The fraction of sp³-hybridized carbons (Fsp3) is 0.636. The molecule has 0 saturated carbocycles. The van der Waals surface area contributed by atoms with Crippen LogP contribution in [0.2, 0.25) is 0 Å². The number of guanidine groups is 1. The molecule has 1 heterocycles. The smallest absolute Gasteiger partial charge is 0.220 e. The Morgan fingerprint density at radius 3 is 2.64 bits per heavy atom. The molecule has 0 aliphatic carbocycles. The summed E-state index contributed by atoms with van der Waals surface area (Å²) in [4.78, 5) is 18.6. The van der Waals surface area contributed by atoms with Crippen LogP contribution < -0.4 is 10.6 Å². The molecule has 0 unspecified atom stereocenters. The summed E-state index contributed by atoms with van der Waals surface area (Å²) >= 11 is 0. The first-order valence-corrected chi connectivity index (χ1v) is 10.6. The lowest BCUT2D eigenvalue weighted by molar-refractivity contribution is -0.121. The Bertz CT molecular complexity index is 583. The fourth-order valence-corrected chi connectivity index (χ4v) is 3.43. The third-order valence-corrected chi connectivity index (χ3v) is 5.09. The molecule has 1 fully saturated rings. The summed E-state index contributed by atoms with van der Waals surface area (Å²) in [5.41, 5.74) is 1.31. The maximum Gasteiger partial charge on any atom is 0.220 e. The normalized spacial score (nSPS) is 15.5. The van der Waals surface area contributed by atoms with Crippen LogP contribution in [0.1, 0.15) is 38.2 Å². The first kappa shape index (κ1) is 22.2. The van der Waals surface area contributed by atoms with Crippen LogP contribution in [0, 0.1) is 5.92 Å². The predicted molar refractivity (Wildman–Crippen MR) is 115 cm³/mol. The summed E-state index contributed by atoms with van der Waals surface area (Å²) < 4.78 is 5.75. The number of carbonyl (C=O) groups is 1. The maximum atomic E-state index is 11.6. The second-order valence-electron chi connectivity index (χ2n) is 7.24. The van der Waals surface area contributed by atoms with Gasteiger partial charge in [0.1, 0.15) is 0 Å². The number of amides is 1. The lowest BCUT2D eigenvalue weighted by atomic mass is 9.93. The van der Waals surface area contributed by atoms with Gasteiger partial charge in [-0.3, -0.25) is 9.79 Å². The van der Waals surface area contributed by atoms with Crippen LogP contribution in [0.15, 0.2) is 35.3 Å². The molecule has 2 rings (SSSR count). The highest BCUT2D eigenvalue weighted by Gasteiger charge is 2.22. The summed E-state index contributed by atoms with van der Waals surface area (Å²) in [6.07, 6.45) is 4.60. The van der Waals surface area contributed by atoms with Crippen molar-refractivity contribution in [2.75, 3.05) is 46.4 Å². The monoisotopic (exact) mass is 388 g/mol. The average molecular weight is 389 g/mol. The minimum absolute atomic E-state index is 0.145. The van der Waals surface area contributed by atoms with Crippen LogP contribution in [-0.4, -0.2) is 63.2 Å². The van der Waals surface area contributed by atoms with Gasteiger partial charge in [-0.25, -0.2) is 0 Å². The molecular weight excluding hydrogens is 352 g/mol. The zero-order valence-corrected chi connectivity index (χ0v) is 17.5. The van der Waals surface area contributed by atoms with E-state index in [-0.39, 0.29) is 5.91 Å². The molecule has 0 atom stereocenters. The van der Waals surface area contributed by atoms with Gasteiger partial charge in [-0.1, -0.05) is 30.3 Å². The maximum absolute atomic E-state index is 11.6. The van der Waals surface area contributed by atoms with Crippen LogP contribution in [0.5, 0.6) is 0 Å². The Balaban J connectivity index is 1.64. The van der Waals surface area contributed by atoms with Crippen molar-refractivity contribution < 1.29 is 9.53 Å². The molecule has 0 bridgehead atoms. The number of hydrogen-bond donors (Lipinski definition) is 2. The van der Waals surface area contributed by atoms with E-state index in [4.69, 9.17) is 9.73 Å². The quantitative estimate of drug-likeness (QED) is 0.367. The van der Waals surface area contributed by atoms with Crippen molar-refractivity contribution in [1.82, 2.24) is 15.5 Å². The van der Waals surface area contributed by atoms with Crippen molar-refractivity contribution in [3.05, 3.63) is 35.9 Å². The van der Waals surface area contributed by atoms with Gasteiger partial charge >= 0.3 is 0 Å². The highest BCUT2D eigenvalue weighted by atomic mass is 16.5. The number of aliphatic imine (C=N–C) groups is 1. The Hall–Kier alpha value is -2.08. The van der Waals surface area contributed by atoms with E-state index in [9.17, 15) is 4.79 Å². The van der Waals surface area contributed by atoms with Gasteiger partial charge in [0, 0.05) is 46.3 Å². The highest BCUT2D eigenvalue weighted by Crippen LogP contribution is 2.20. The zero-order chi connectivity index (χ0) is 20.0. The Morgan fingerprint density at radius 1 is 1.21 bits per heavy atom. The summed E-state index contributed by atoms with van der Waals surface area (Å²) in [6, 6.07) is 10.4. The van der Waals surface area contributed by atoms with E-state index in [1.165, 1.54) is 5.56 Å². The topological polar surface area (TPSA) is 66.0 Å². The molecule has 28 heavy (non-hydrogen) atoms. The van der Waals surface area contributed by atoms with E-state index < -0.39 is 0 Å². The number of piperidine rings is 1. The lowest BCUT2D eigenvalue weighted by Crippen LogP contribution is -2.46. The number of nitrogens with zero attached hydrogens (tertiary/aromatic N) is 2. The summed E-state index contributed by atoms with van der Waals surface area (Å²) in [5.74, 6) is 1.62. The number of nitrogens with one attached hydrogen (secondary N) is 2. The van der Waals surface area contributed by atoms with Crippen LogP contribution in [0.3, 0.4) is 0 Å². The summed E-state index contributed by atoms with van der Waals surface area (Å²) in [6.45, 7) is 7.15. The van der Waals surface area contributed by atoms with Gasteiger partial charge in [-0.05, 0) is 44.1 Å².